The van der Waals surface area contributed by atoms with Crippen molar-refractivity contribution in [2.24, 2.45) is 0 Å². The third-order valence-electron chi connectivity index (χ3n) is 11.0. The second-order valence-electron chi connectivity index (χ2n) is 17.0. The highest BCUT2D eigenvalue weighted by molar-refractivity contribution is 5.71. The summed E-state index contributed by atoms with van der Waals surface area (Å²) in [4.78, 5) is 37.9. The first-order valence-corrected chi connectivity index (χ1v) is 25.6. The molecule has 0 radical (unpaired) electrons. The summed E-state index contributed by atoms with van der Waals surface area (Å²) in [5.41, 5.74) is 0. The summed E-state index contributed by atoms with van der Waals surface area (Å²) in [6.45, 7) is 6.49. The Balaban J connectivity index is 4.38. The van der Waals surface area contributed by atoms with Crippen molar-refractivity contribution < 1.29 is 28.6 Å². The summed E-state index contributed by atoms with van der Waals surface area (Å²) < 4.78 is 16.8. The van der Waals surface area contributed by atoms with Gasteiger partial charge in [-0.05, 0) is 96.3 Å². The van der Waals surface area contributed by atoms with Crippen LogP contribution in [0.2, 0.25) is 0 Å². The number of ether oxygens (including phenoxy) is 3. The molecule has 0 amide bonds. The van der Waals surface area contributed by atoms with E-state index in [2.05, 4.69) is 69.4 Å². The van der Waals surface area contributed by atoms with Crippen molar-refractivity contribution in [3.8, 4) is 0 Å². The molecule has 1 atom stereocenters. The van der Waals surface area contributed by atoms with Gasteiger partial charge in [-0.25, -0.2) is 0 Å². The van der Waals surface area contributed by atoms with Gasteiger partial charge in [-0.1, -0.05) is 191 Å². The van der Waals surface area contributed by atoms with Gasteiger partial charge in [0.25, 0.3) is 0 Å². The molecule has 0 aromatic heterocycles. The van der Waals surface area contributed by atoms with Crippen LogP contribution in [0.25, 0.3) is 0 Å². The average Bonchev–Trinajstić information content (AvgIpc) is 3.24. The maximum atomic E-state index is 12.8. The quantitative estimate of drug-likeness (QED) is 0.0263. The molecule has 6 nitrogen and oxygen atoms in total. The van der Waals surface area contributed by atoms with Crippen LogP contribution in [-0.2, 0) is 28.6 Å². The summed E-state index contributed by atoms with van der Waals surface area (Å²) >= 11 is 0. The second-order valence-corrected chi connectivity index (χ2v) is 17.0. The molecule has 0 fully saturated rings. The normalized spacial score (nSPS) is 12.4. The third kappa shape index (κ3) is 46.4. The molecule has 0 bridgehead atoms. The summed E-state index contributed by atoms with van der Waals surface area (Å²) in [7, 11) is 0. The van der Waals surface area contributed by atoms with Gasteiger partial charge in [0.05, 0.1) is 0 Å². The fourth-order valence-corrected chi connectivity index (χ4v) is 7.17. The van der Waals surface area contributed by atoms with Gasteiger partial charge in [0.15, 0.2) is 6.10 Å². The van der Waals surface area contributed by atoms with Crippen LogP contribution >= 0.6 is 0 Å². The molecular weight excluding hydrogens is 745 g/mol. The summed E-state index contributed by atoms with van der Waals surface area (Å²) in [5.74, 6) is -0.900. The van der Waals surface area contributed by atoms with Gasteiger partial charge in [0.2, 0.25) is 0 Å². The zero-order chi connectivity index (χ0) is 43.7. The zero-order valence-electron chi connectivity index (χ0n) is 39.7. The van der Waals surface area contributed by atoms with E-state index in [1.54, 1.807) is 0 Å². The van der Waals surface area contributed by atoms with Crippen LogP contribution in [0.5, 0.6) is 0 Å². The van der Waals surface area contributed by atoms with Crippen LogP contribution in [0, 0.1) is 0 Å². The molecule has 0 aliphatic carbocycles. The van der Waals surface area contributed by atoms with Crippen LogP contribution in [-0.4, -0.2) is 37.2 Å². The summed E-state index contributed by atoms with van der Waals surface area (Å²) in [5, 5.41) is 0. The lowest BCUT2D eigenvalue weighted by Gasteiger charge is -2.18. The van der Waals surface area contributed by atoms with E-state index in [0.717, 1.165) is 83.5 Å². The monoisotopic (exact) mass is 841 g/mol. The molecule has 0 spiro atoms. The number of carbonyl (C=O) groups is 3. The Kier molecular flexibility index (Phi) is 46.9. The Bertz CT molecular complexity index is 1060. The van der Waals surface area contributed by atoms with Crippen molar-refractivity contribution in [2.45, 2.75) is 264 Å². The topological polar surface area (TPSA) is 78.9 Å². The molecule has 0 saturated carbocycles. The second kappa shape index (κ2) is 49.0. The molecular formula is C54H96O6. The van der Waals surface area contributed by atoms with Gasteiger partial charge in [-0.15, -0.1) is 0 Å². The minimum Gasteiger partial charge on any atom is -0.462 e. The number of carbonyl (C=O) groups excluding carboxylic acids is 3. The van der Waals surface area contributed by atoms with Gasteiger partial charge in [0.1, 0.15) is 13.2 Å². The van der Waals surface area contributed by atoms with E-state index >= 15 is 0 Å². The van der Waals surface area contributed by atoms with E-state index in [1.165, 1.54) is 135 Å². The molecule has 348 valence electrons. The molecule has 6 heteroatoms. The Morgan fingerprint density at radius 1 is 0.350 bits per heavy atom. The number of unbranched alkanes of at least 4 members (excludes halogenated alkanes) is 27. The van der Waals surface area contributed by atoms with E-state index in [0.29, 0.717) is 19.3 Å². The van der Waals surface area contributed by atoms with Crippen LogP contribution in [0.1, 0.15) is 258 Å². The first-order valence-electron chi connectivity index (χ1n) is 25.6. The van der Waals surface area contributed by atoms with E-state index in [9.17, 15) is 14.4 Å². The third-order valence-corrected chi connectivity index (χ3v) is 11.0. The zero-order valence-corrected chi connectivity index (χ0v) is 39.7. The smallest absolute Gasteiger partial charge is 0.306 e. The van der Waals surface area contributed by atoms with Crippen LogP contribution in [0.3, 0.4) is 0 Å². The number of rotatable bonds is 46. The Morgan fingerprint density at radius 2 is 0.650 bits per heavy atom. The number of hydrogen-bond donors (Lipinski definition) is 0. The lowest BCUT2D eigenvalue weighted by atomic mass is 10.1. The Morgan fingerprint density at radius 3 is 1.02 bits per heavy atom. The van der Waals surface area contributed by atoms with E-state index in [-0.39, 0.29) is 31.1 Å². The molecule has 1 unspecified atom stereocenters. The SMILES string of the molecule is CC/C=C\C/C=C\CCCCCCCC(=O)OCC(COC(=O)CCCCCCCCC/C=C\CCCCCC)OC(=O)CCCCCCCCC/C=C\CCCCCC. The minimum atomic E-state index is -0.780. The van der Waals surface area contributed by atoms with Gasteiger partial charge in [0, 0.05) is 19.3 Å². The molecule has 0 aliphatic rings. The maximum absolute atomic E-state index is 12.8. The number of hydrogen-bond acceptors (Lipinski definition) is 6. The molecule has 0 heterocycles. The number of allylic oxidation sites excluding steroid dienone is 8. The Labute approximate surface area is 371 Å². The van der Waals surface area contributed by atoms with E-state index in [1.807, 2.05) is 0 Å². The molecule has 0 rings (SSSR count). The van der Waals surface area contributed by atoms with Crippen LogP contribution in [0.4, 0.5) is 0 Å². The van der Waals surface area contributed by atoms with Crippen LogP contribution in [0.15, 0.2) is 48.6 Å². The average molecular weight is 841 g/mol. The van der Waals surface area contributed by atoms with Gasteiger partial charge in [-0.2, -0.15) is 0 Å². The molecule has 0 aromatic carbocycles. The van der Waals surface area contributed by atoms with E-state index < -0.39 is 6.10 Å². The van der Waals surface area contributed by atoms with E-state index in [4.69, 9.17) is 14.2 Å². The van der Waals surface area contributed by atoms with Gasteiger partial charge in [-0.3, -0.25) is 14.4 Å². The lowest BCUT2D eigenvalue weighted by Crippen LogP contribution is -2.30. The highest BCUT2D eigenvalue weighted by atomic mass is 16.6. The molecule has 60 heavy (non-hydrogen) atoms. The molecule has 0 N–H and O–H groups in total. The van der Waals surface area contributed by atoms with Crippen molar-refractivity contribution in [1.82, 2.24) is 0 Å². The highest BCUT2D eigenvalue weighted by Crippen LogP contribution is 2.14. The van der Waals surface area contributed by atoms with Crippen LogP contribution < -0.4 is 0 Å². The predicted octanol–water partition coefficient (Wildman–Crippen LogP) is 16.7. The lowest BCUT2D eigenvalue weighted by molar-refractivity contribution is -0.167. The summed E-state index contributed by atoms with van der Waals surface area (Å²) in [6.07, 6.45) is 58.0. The van der Waals surface area contributed by atoms with Crippen molar-refractivity contribution in [2.75, 3.05) is 13.2 Å². The largest absolute Gasteiger partial charge is 0.462 e. The maximum Gasteiger partial charge on any atom is 0.306 e. The first kappa shape index (κ1) is 57.4. The highest BCUT2D eigenvalue weighted by Gasteiger charge is 2.19. The summed E-state index contributed by atoms with van der Waals surface area (Å²) in [6, 6.07) is 0. The van der Waals surface area contributed by atoms with Crippen molar-refractivity contribution >= 4 is 17.9 Å². The number of esters is 3. The van der Waals surface area contributed by atoms with Gasteiger partial charge < -0.3 is 14.2 Å². The standard InChI is InChI=1S/C54H96O6/c1-4-7-10-13-16-19-22-25-27-29-32-35-38-41-44-47-53(56)59-50-51(49-58-52(55)46-43-40-37-34-31-24-21-18-15-12-9-6-3)60-54(57)48-45-42-39-36-33-30-28-26-23-20-17-14-11-8-5-2/h9,12,18-23,51H,4-8,10-11,13-17,24-50H2,1-3H3/b12-9-,21-18-,22-19-,23-20-. The minimum absolute atomic E-state index is 0.0809. The fourth-order valence-electron chi connectivity index (χ4n) is 7.17. The fraction of sp³-hybridized carbons (Fsp3) is 0.796. The van der Waals surface area contributed by atoms with Crippen molar-refractivity contribution in [3.63, 3.8) is 0 Å². The molecule has 0 aromatic rings. The van der Waals surface area contributed by atoms with Crippen molar-refractivity contribution in [3.05, 3.63) is 48.6 Å². The molecule has 0 saturated heterocycles. The Hall–Kier alpha value is -2.63. The molecule has 0 aliphatic heterocycles. The van der Waals surface area contributed by atoms with Gasteiger partial charge >= 0.3 is 17.9 Å². The first-order chi connectivity index (χ1) is 29.5. The van der Waals surface area contributed by atoms with Crippen molar-refractivity contribution in [1.29, 1.82) is 0 Å². The predicted molar refractivity (Wildman–Crippen MR) is 256 cm³/mol.